The van der Waals surface area contributed by atoms with E-state index in [4.69, 9.17) is 18.9 Å². The van der Waals surface area contributed by atoms with Gasteiger partial charge in [-0.1, -0.05) is 6.07 Å². The molecule has 0 amide bonds. The maximum absolute atomic E-state index is 12.0. The van der Waals surface area contributed by atoms with Crippen molar-refractivity contribution < 1.29 is 23.7 Å². The fraction of sp³-hybridized carbons (Fsp3) is 0.235. The summed E-state index contributed by atoms with van der Waals surface area (Å²) in [6.45, 7) is 0. The highest BCUT2D eigenvalue weighted by atomic mass is 16.5. The van der Waals surface area contributed by atoms with Crippen LogP contribution in [0.5, 0.6) is 23.0 Å². The monoisotopic (exact) mass is 302 g/mol. The van der Waals surface area contributed by atoms with Gasteiger partial charge in [-0.25, -0.2) is 0 Å². The summed E-state index contributed by atoms with van der Waals surface area (Å²) in [6, 6.07) is 12.2. The quantitative estimate of drug-likeness (QED) is 0.606. The van der Waals surface area contributed by atoms with Crippen molar-refractivity contribution in [3.63, 3.8) is 0 Å². The number of benzene rings is 2. The van der Waals surface area contributed by atoms with Crippen molar-refractivity contribution in [1.29, 1.82) is 0 Å². The zero-order chi connectivity index (χ0) is 15.9. The second kappa shape index (κ2) is 7.36. The Kier molecular flexibility index (Phi) is 5.25. The molecule has 0 spiro atoms. The topological polar surface area (TPSA) is 54.0 Å². The first-order valence-corrected chi connectivity index (χ1v) is 6.72. The number of carbonyl (C=O) groups is 1. The first-order chi connectivity index (χ1) is 10.7. The zero-order valence-corrected chi connectivity index (χ0v) is 12.8. The standard InChI is InChI=1S/C17H18O5/c1-19-13-5-7-14(8-6-13)22-17(18)11-12-4-9-15(20-2)16(10-12)21-3/h4-10H,11H2,1-3H3. The Bertz CT molecular complexity index is 634. The van der Waals surface area contributed by atoms with Gasteiger partial charge in [-0.3, -0.25) is 4.79 Å². The number of carbonyl (C=O) groups excluding carboxylic acids is 1. The molecule has 116 valence electrons. The Hall–Kier alpha value is -2.69. The van der Waals surface area contributed by atoms with Crippen molar-refractivity contribution in [2.75, 3.05) is 21.3 Å². The Labute approximate surface area is 129 Å². The van der Waals surface area contributed by atoms with Gasteiger partial charge in [0.05, 0.1) is 27.8 Å². The van der Waals surface area contributed by atoms with Gasteiger partial charge in [-0.2, -0.15) is 0 Å². The summed E-state index contributed by atoms with van der Waals surface area (Å²) in [7, 11) is 4.70. The minimum absolute atomic E-state index is 0.145. The largest absolute Gasteiger partial charge is 0.497 e. The highest BCUT2D eigenvalue weighted by molar-refractivity contribution is 5.75. The van der Waals surface area contributed by atoms with Crippen LogP contribution in [0.25, 0.3) is 0 Å². The smallest absolute Gasteiger partial charge is 0.315 e. The van der Waals surface area contributed by atoms with E-state index in [0.717, 1.165) is 5.56 Å². The van der Waals surface area contributed by atoms with Gasteiger partial charge < -0.3 is 18.9 Å². The van der Waals surface area contributed by atoms with E-state index in [2.05, 4.69) is 0 Å². The third kappa shape index (κ3) is 3.91. The molecule has 0 N–H and O–H groups in total. The summed E-state index contributed by atoms with van der Waals surface area (Å²) in [6.07, 6.45) is 0.145. The van der Waals surface area contributed by atoms with Crippen LogP contribution in [0, 0.1) is 0 Å². The summed E-state index contributed by atoms with van der Waals surface area (Å²) in [5.41, 5.74) is 0.788. The van der Waals surface area contributed by atoms with E-state index < -0.39 is 0 Å². The van der Waals surface area contributed by atoms with E-state index in [1.807, 2.05) is 0 Å². The first kappa shape index (κ1) is 15.7. The molecule has 0 aromatic heterocycles. The molecule has 22 heavy (non-hydrogen) atoms. The number of hydrogen-bond donors (Lipinski definition) is 0. The normalized spacial score (nSPS) is 9.95. The van der Waals surface area contributed by atoms with E-state index in [9.17, 15) is 4.79 Å². The average molecular weight is 302 g/mol. The van der Waals surface area contributed by atoms with Crippen molar-refractivity contribution in [3.05, 3.63) is 48.0 Å². The number of hydrogen-bond acceptors (Lipinski definition) is 5. The third-order valence-corrected chi connectivity index (χ3v) is 3.09. The minimum Gasteiger partial charge on any atom is -0.497 e. The predicted molar refractivity (Wildman–Crippen MR) is 81.9 cm³/mol. The van der Waals surface area contributed by atoms with E-state index in [0.29, 0.717) is 23.0 Å². The van der Waals surface area contributed by atoms with Crippen LogP contribution in [0.3, 0.4) is 0 Å². The fourth-order valence-electron chi connectivity index (χ4n) is 1.97. The van der Waals surface area contributed by atoms with Crippen LogP contribution < -0.4 is 18.9 Å². The molecule has 0 saturated carbocycles. The van der Waals surface area contributed by atoms with Gasteiger partial charge >= 0.3 is 5.97 Å². The Morgan fingerprint density at radius 3 is 2.05 bits per heavy atom. The number of esters is 1. The second-order valence-electron chi connectivity index (χ2n) is 4.52. The summed E-state index contributed by atoms with van der Waals surface area (Å²) in [4.78, 5) is 12.0. The van der Waals surface area contributed by atoms with Gasteiger partial charge in [0, 0.05) is 0 Å². The lowest BCUT2D eigenvalue weighted by molar-refractivity contribution is -0.133. The summed E-state index contributed by atoms with van der Waals surface area (Å²) < 4.78 is 20.7. The summed E-state index contributed by atoms with van der Waals surface area (Å²) in [5.74, 6) is 2.04. The van der Waals surface area contributed by atoms with Gasteiger partial charge in [-0.05, 0) is 42.0 Å². The number of ether oxygens (including phenoxy) is 4. The number of methoxy groups -OCH3 is 3. The highest BCUT2D eigenvalue weighted by Crippen LogP contribution is 2.28. The fourth-order valence-corrected chi connectivity index (χ4v) is 1.97. The van der Waals surface area contributed by atoms with Crippen LogP contribution in [0.1, 0.15) is 5.56 Å². The molecular formula is C17H18O5. The lowest BCUT2D eigenvalue weighted by Crippen LogP contribution is -2.11. The Balaban J connectivity index is 2.02. The van der Waals surface area contributed by atoms with Crippen LogP contribution in [0.15, 0.2) is 42.5 Å². The van der Waals surface area contributed by atoms with Crippen molar-refractivity contribution >= 4 is 5.97 Å². The molecule has 0 atom stereocenters. The third-order valence-electron chi connectivity index (χ3n) is 3.09. The summed E-state index contributed by atoms with van der Waals surface area (Å²) >= 11 is 0. The van der Waals surface area contributed by atoms with Gasteiger partial charge in [0.25, 0.3) is 0 Å². The Morgan fingerprint density at radius 1 is 0.818 bits per heavy atom. The van der Waals surface area contributed by atoms with Gasteiger partial charge in [0.2, 0.25) is 0 Å². The highest BCUT2D eigenvalue weighted by Gasteiger charge is 2.10. The van der Waals surface area contributed by atoms with E-state index >= 15 is 0 Å². The maximum atomic E-state index is 12.0. The predicted octanol–water partition coefficient (Wildman–Crippen LogP) is 2.86. The van der Waals surface area contributed by atoms with E-state index in [-0.39, 0.29) is 12.4 Å². The molecule has 0 unspecified atom stereocenters. The summed E-state index contributed by atoms with van der Waals surface area (Å²) in [5, 5.41) is 0. The maximum Gasteiger partial charge on any atom is 0.315 e. The molecule has 0 aliphatic carbocycles. The molecule has 2 rings (SSSR count). The van der Waals surface area contributed by atoms with Gasteiger partial charge in [0.1, 0.15) is 11.5 Å². The SMILES string of the molecule is COc1ccc(OC(=O)Cc2ccc(OC)c(OC)c2)cc1. The van der Waals surface area contributed by atoms with Crippen LogP contribution in [-0.2, 0) is 11.2 Å². The minimum atomic E-state index is -0.350. The molecule has 0 heterocycles. The average Bonchev–Trinajstić information content (AvgIpc) is 2.55. The van der Waals surface area contributed by atoms with E-state index in [1.165, 1.54) is 0 Å². The van der Waals surface area contributed by atoms with Crippen molar-refractivity contribution in [3.8, 4) is 23.0 Å². The first-order valence-electron chi connectivity index (χ1n) is 6.72. The van der Waals surface area contributed by atoms with Crippen LogP contribution in [0.2, 0.25) is 0 Å². The molecule has 0 saturated heterocycles. The van der Waals surface area contributed by atoms with E-state index in [1.54, 1.807) is 63.8 Å². The molecule has 5 heteroatoms. The molecule has 2 aromatic rings. The molecule has 0 radical (unpaired) electrons. The van der Waals surface area contributed by atoms with Crippen molar-refractivity contribution in [2.45, 2.75) is 6.42 Å². The van der Waals surface area contributed by atoms with Crippen LogP contribution in [0.4, 0.5) is 0 Å². The molecule has 0 bridgehead atoms. The molecule has 0 aliphatic rings. The zero-order valence-electron chi connectivity index (χ0n) is 12.8. The molecular weight excluding hydrogens is 284 g/mol. The molecule has 5 nitrogen and oxygen atoms in total. The molecule has 2 aromatic carbocycles. The lowest BCUT2D eigenvalue weighted by atomic mass is 10.1. The van der Waals surface area contributed by atoms with Gasteiger partial charge in [-0.15, -0.1) is 0 Å². The van der Waals surface area contributed by atoms with Gasteiger partial charge in [0.15, 0.2) is 11.5 Å². The van der Waals surface area contributed by atoms with Crippen LogP contribution in [-0.4, -0.2) is 27.3 Å². The van der Waals surface area contributed by atoms with Crippen LogP contribution >= 0.6 is 0 Å². The van der Waals surface area contributed by atoms with Crippen molar-refractivity contribution in [2.24, 2.45) is 0 Å². The lowest BCUT2D eigenvalue weighted by Gasteiger charge is -2.09. The Morgan fingerprint density at radius 2 is 1.45 bits per heavy atom. The van der Waals surface area contributed by atoms with Crippen molar-refractivity contribution in [1.82, 2.24) is 0 Å². The molecule has 0 aliphatic heterocycles. The number of rotatable bonds is 6. The molecule has 0 fully saturated rings. The second-order valence-corrected chi connectivity index (χ2v) is 4.52.